The van der Waals surface area contributed by atoms with E-state index in [-0.39, 0.29) is 0 Å². The highest BCUT2D eigenvalue weighted by Crippen LogP contribution is 2.13. The molecule has 15 heavy (non-hydrogen) atoms. The average molecular weight is 209 g/mol. The summed E-state index contributed by atoms with van der Waals surface area (Å²) in [5.74, 6) is 7.17. The van der Waals surface area contributed by atoms with E-state index in [9.17, 15) is 0 Å². The van der Waals surface area contributed by atoms with Gasteiger partial charge in [0.1, 0.15) is 5.82 Å². The molecule has 0 aliphatic heterocycles. The van der Waals surface area contributed by atoms with Crippen LogP contribution in [-0.2, 0) is 0 Å². The fourth-order valence-electron chi connectivity index (χ4n) is 1.23. The van der Waals surface area contributed by atoms with Crippen molar-refractivity contribution in [3.05, 3.63) is 12.4 Å². The number of nitrogen functional groups attached to an aromatic ring is 1. The quantitative estimate of drug-likeness (QED) is 0.507. The van der Waals surface area contributed by atoms with Gasteiger partial charge < -0.3 is 10.7 Å². The van der Waals surface area contributed by atoms with Crippen LogP contribution < -0.4 is 16.6 Å². The molecule has 2 atom stereocenters. The molecule has 0 fully saturated rings. The highest BCUT2D eigenvalue weighted by Gasteiger charge is 2.10. The van der Waals surface area contributed by atoms with Crippen molar-refractivity contribution in [2.45, 2.75) is 33.2 Å². The van der Waals surface area contributed by atoms with Crippen LogP contribution in [0.4, 0.5) is 11.6 Å². The summed E-state index contributed by atoms with van der Waals surface area (Å²) in [5.41, 5.74) is 2.47. The molecule has 1 aromatic rings. The lowest BCUT2D eigenvalue weighted by Gasteiger charge is -2.20. The molecule has 5 heteroatoms. The highest BCUT2D eigenvalue weighted by atomic mass is 15.3. The summed E-state index contributed by atoms with van der Waals surface area (Å²) in [6.07, 6.45) is 4.41. The predicted octanol–water partition coefficient (Wildman–Crippen LogP) is 1.61. The number of nitrogens with one attached hydrogen (secondary N) is 2. The molecule has 0 saturated carbocycles. The summed E-state index contributed by atoms with van der Waals surface area (Å²) < 4.78 is 0. The Morgan fingerprint density at radius 2 is 2.00 bits per heavy atom. The normalized spacial score (nSPS) is 14.4. The van der Waals surface area contributed by atoms with Gasteiger partial charge in [0.2, 0.25) is 0 Å². The molecular formula is C10H19N5. The SMILES string of the molecule is CCC(C)C(C)Nc1cncc(NN)n1. The zero-order valence-electron chi connectivity index (χ0n) is 9.49. The van der Waals surface area contributed by atoms with Gasteiger partial charge in [-0.1, -0.05) is 20.3 Å². The lowest BCUT2D eigenvalue weighted by Crippen LogP contribution is -2.24. The maximum atomic E-state index is 5.26. The number of hydrazine groups is 1. The monoisotopic (exact) mass is 209 g/mol. The van der Waals surface area contributed by atoms with Gasteiger partial charge in [0.15, 0.2) is 5.82 Å². The van der Waals surface area contributed by atoms with E-state index in [1.54, 1.807) is 12.4 Å². The van der Waals surface area contributed by atoms with Crippen molar-refractivity contribution < 1.29 is 0 Å². The summed E-state index contributed by atoms with van der Waals surface area (Å²) in [4.78, 5) is 8.26. The van der Waals surface area contributed by atoms with E-state index in [1.165, 1.54) is 0 Å². The fourth-order valence-corrected chi connectivity index (χ4v) is 1.23. The van der Waals surface area contributed by atoms with Gasteiger partial charge >= 0.3 is 0 Å². The molecule has 0 aliphatic rings. The molecule has 4 N–H and O–H groups in total. The van der Waals surface area contributed by atoms with E-state index in [1.807, 2.05) is 0 Å². The minimum atomic E-state index is 0.373. The van der Waals surface area contributed by atoms with Crippen molar-refractivity contribution in [1.29, 1.82) is 0 Å². The molecule has 0 aliphatic carbocycles. The van der Waals surface area contributed by atoms with Gasteiger partial charge in [-0.25, -0.2) is 10.8 Å². The Bertz CT molecular complexity index is 302. The van der Waals surface area contributed by atoms with Crippen LogP contribution in [0.5, 0.6) is 0 Å². The second-order valence-electron chi connectivity index (χ2n) is 3.75. The molecule has 5 nitrogen and oxygen atoms in total. The Morgan fingerprint density at radius 1 is 1.33 bits per heavy atom. The van der Waals surface area contributed by atoms with E-state index in [2.05, 4.69) is 41.5 Å². The second kappa shape index (κ2) is 5.50. The minimum Gasteiger partial charge on any atom is -0.366 e. The first-order chi connectivity index (χ1) is 7.17. The van der Waals surface area contributed by atoms with E-state index < -0.39 is 0 Å². The van der Waals surface area contributed by atoms with E-state index in [0.29, 0.717) is 17.8 Å². The maximum Gasteiger partial charge on any atom is 0.160 e. The summed E-state index contributed by atoms with van der Waals surface area (Å²) in [6, 6.07) is 0.373. The lowest BCUT2D eigenvalue weighted by atomic mass is 10.0. The Balaban J connectivity index is 2.63. The minimum absolute atomic E-state index is 0.373. The number of hydrogen-bond acceptors (Lipinski definition) is 5. The van der Waals surface area contributed by atoms with Gasteiger partial charge in [0.25, 0.3) is 0 Å². The van der Waals surface area contributed by atoms with E-state index >= 15 is 0 Å². The molecule has 0 bridgehead atoms. The van der Waals surface area contributed by atoms with Crippen LogP contribution >= 0.6 is 0 Å². The summed E-state index contributed by atoms with van der Waals surface area (Å²) in [6.45, 7) is 6.51. The molecular weight excluding hydrogens is 190 g/mol. The van der Waals surface area contributed by atoms with Crippen molar-refractivity contribution in [3.63, 3.8) is 0 Å². The van der Waals surface area contributed by atoms with Crippen LogP contribution in [0.15, 0.2) is 12.4 Å². The number of anilines is 2. The lowest BCUT2D eigenvalue weighted by molar-refractivity contribution is 0.493. The molecule has 2 unspecified atom stereocenters. The number of nitrogens with zero attached hydrogens (tertiary/aromatic N) is 2. The van der Waals surface area contributed by atoms with Gasteiger partial charge in [0.05, 0.1) is 12.4 Å². The van der Waals surface area contributed by atoms with Gasteiger partial charge in [-0.2, -0.15) is 0 Å². The number of nitrogens with two attached hydrogens (primary N) is 1. The second-order valence-corrected chi connectivity index (χ2v) is 3.75. The number of hydrogen-bond donors (Lipinski definition) is 3. The van der Waals surface area contributed by atoms with Gasteiger partial charge in [-0.15, -0.1) is 0 Å². The van der Waals surface area contributed by atoms with Gasteiger partial charge in [-0.3, -0.25) is 4.98 Å². The molecule has 1 rings (SSSR count). The Morgan fingerprint density at radius 3 is 2.60 bits per heavy atom. The fraction of sp³-hybridized carbons (Fsp3) is 0.600. The number of rotatable bonds is 5. The third-order valence-electron chi connectivity index (χ3n) is 2.66. The molecule has 0 spiro atoms. The van der Waals surface area contributed by atoms with E-state index in [4.69, 9.17) is 5.84 Å². The maximum absolute atomic E-state index is 5.26. The van der Waals surface area contributed by atoms with Crippen LogP contribution in [0.3, 0.4) is 0 Å². The van der Waals surface area contributed by atoms with Gasteiger partial charge in [0, 0.05) is 6.04 Å². The summed E-state index contributed by atoms with van der Waals surface area (Å²) >= 11 is 0. The van der Waals surface area contributed by atoms with Crippen LogP contribution in [0.1, 0.15) is 27.2 Å². The first-order valence-corrected chi connectivity index (χ1v) is 5.22. The Hall–Kier alpha value is -1.36. The topological polar surface area (TPSA) is 75.9 Å². The van der Waals surface area contributed by atoms with Crippen LogP contribution in [0, 0.1) is 5.92 Å². The molecule has 1 heterocycles. The predicted molar refractivity (Wildman–Crippen MR) is 62.4 cm³/mol. The molecule has 0 radical (unpaired) electrons. The van der Waals surface area contributed by atoms with Crippen molar-refractivity contribution in [2.24, 2.45) is 11.8 Å². The molecule has 0 amide bonds. The zero-order valence-corrected chi connectivity index (χ0v) is 9.49. The average Bonchev–Trinajstić information content (AvgIpc) is 2.28. The first kappa shape index (κ1) is 11.7. The van der Waals surface area contributed by atoms with Crippen LogP contribution in [0.2, 0.25) is 0 Å². The van der Waals surface area contributed by atoms with Crippen LogP contribution in [0.25, 0.3) is 0 Å². The molecule has 84 valence electrons. The van der Waals surface area contributed by atoms with Crippen molar-refractivity contribution in [2.75, 3.05) is 10.7 Å². The summed E-state index contributed by atoms with van der Waals surface area (Å²) in [7, 11) is 0. The Kier molecular flexibility index (Phi) is 4.30. The number of aromatic nitrogens is 2. The van der Waals surface area contributed by atoms with Crippen LogP contribution in [-0.4, -0.2) is 16.0 Å². The van der Waals surface area contributed by atoms with Crippen molar-refractivity contribution >= 4 is 11.6 Å². The van der Waals surface area contributed by atoms with Gasteiger partial charge in [-0.05, 0) is 12.8 Å². The molecule has 0 aromatic carbocycles. The van der Waals surface area contributed by atoms with E-state index in [0.717, 1.165) is 12.2 Å². The third kappa shape index (κ3) is 3.36. The van der Waals surface area contributed by atoms with Crippen molar-refractivity contribution in [1.82, 2.24) is 9.97 Å². The first-order valence-electron chi connectivity index (χ1n) is 5.22. The molecule has 1 aromatic heterocycles. The smallest absolute Gasteiger partial charge is 0.160 e. The third-order valence-corrected chi connectivity index (χ3v) is 2.66. The van der Waals surface area contributed by atoms with Crippen molar-refractivity contribution in [3.8, 4) is 0 Å². The summed E-state index contributed by atoms with van der Waals surface area (Å²) in [5, 5.41) is 3.30. The molecule has 0 saturated heterocycles. The zero-order chi connectivity index (χ0) is 11.3. The highest BCUT2D eigenvalue weighted by molar-refractivity contribution is 5.41. The Labute approximate surface area is 90.5 Å². The largest absolute Gasteiger partial charge is 0.366 e. The standard InChI is InChI=1S/C10H19N5/c1-4-7(2)8(3)13-9-5-12-6-10(14-9)15-11/h5-8H,4,11H2,1-3H3,(H2,13,14,15).